The molecule has 0 radical (unpaired) electrons. The second-order valence-corrected chi connectivity index (χ2v) is 3.15. The zero-order chi connectivity index (χ0) is 7.98. The molecule has 0 aromatic heterocycles. The lowest BCUT2D eigenvalue weighted by Gasteiger charge is -2.02. The highest BCUT2D eigenvalue weighted by molar-refractivity contribution is 5.81. The molecule has 0 rings (SSSR count). The molecule has 0 aromatic rings. The fraction of sp³-hybridized carbons (Fsp3) is 0.875. The number of rotatable bonds is 4. The molecule has 0 amide bonds. The summed E-state index contributed by atoms with van der Waals surface area (Å²) in [6.45, 7) is 6.43. The molecule has 0 atom stereocenters. The Balaban J connectivity index is 3.20. The summed E-state index contributed by atoms with van der Waals surface area (Å²) in [7, 11) is 0. The van der Waals surface area contributed by atoms with E-state index in [-0.39, 0.29) is 0 Å². The minimum atomic E-state index is 0.797. The van der Waals surface area contributed by atoms with Gasteiger partial charge in [0.25, 0.3) is 0 Å². The van der Waals surface area contributed by atoms with Crippen molar-refractivity contribution in [1.29, 1.82) is 0 Å². The van der Waals surface area contributed by atoms with Gasteiger partial charge in [0, 0.05) is 5.71 Å². The molecule has 0 aliphatic rings. The van der Waals surface area contributed by atoms with Gasteiger partial charge in [0.1, 0.15) is 0 Å². The number of hydrogen-bond donors (Lipinski definition) is 1. The first-order valence-corrected chi connectivity index (χ1v) is 3.90. The van der Waals surface area contributed by atoms with E-state index in [2.05, 4.69) is 18.9 Å². The Morgan fingerprint density at radius 3 is 2.50 bits per heavy atom. The quantitative estimate of drug-likeness (QED) is 0.364. The van der Waals surface area contributed by atoms with Gasteiger partial charge < -0.3 is 5.84 Å². The standard InChI is InChI=1S/C8H18N2/c1-7(2)5-4-6-8(3)10-9/h7H,4-6,9H2,1-3H3/b10-8+. The third kappa shape index (κ3) is 5.60. The lowest BCUT2D eigenvalue weighted by molar-refractivity contribution is 0.564. The Morgan fingerprint density at radius 2 is 2.10 bits per heavy atom. The molecular formula is C8H18N2. The van der Waals surface area contributed by atoms with Crippen LogP contribution in [0.2, 0.25) is 0 Å². The van der Waals surface area contributed by atoms with Crippen molar-refractivity contribution in [2.45, 2.75) is 40.0 Å². The molecule has 0 bridgehead atoms. The van der Waals surface area contributed by atoms with Crippen LogP contribution in [0.1, 0.15) is 40.0 Å². The molecule has 10 heavy (non-hydrogen) atoms. The Morgan fingerprint density at radius 1 is 1.50 bits per heavy atom. The average molecular weight is 142 g/mol. The van der Waals surface area contributed by atoms with Crippen molar-refractivity contribution in [3.63, 3.8) is 0 Å². The van der Waals surface area contributed by atoms with Crippen LogP contribution >= 0.6 is 0 Å². The van der Waals surface area contributed by atoms with E-state index < -0.39 is 0 Å². The molecule has 0 fully saturated rings. The van der Waals surface area contributed by atoms with Crippen molar-refractivity contribution < 1.29 is 0 Å². The Bertz CT molecular complexity index is 106. The first-order chi connectivity index (χ1) is 4.66. The maximum absolute atomic E-state index is 5.08. The normalized spacial score (nSPS) is 12.6. The summed E-state index contributed by atoms with van der Waals surface area (Å²) in [4.78, 5) is 0. The highest BCUT2D eigenvalue weighted by atomic mass is 15.1. The summed E-state index contributed by atoms with van der Waals surface area (Å²) >= 11 is 0. The molecular weight excluding hydrogens is 124 g/mol. The van der Waals surface area contributed by atoms with Crippen LogP contribution in [0.25, 0.3) is 0 Å². The fourth-order valence-electron chi connectivity index (χ4n) is 0.831. The van der Waals surface area contributed by atoms with E-state index >= 15 is 0 Å². The van der Waals surface area contributed by atoms with Crippen molar-refractivity contribution in [1.82, 2.24) is 0 Å². The van der Waals surface area contributed by atoms with Crippen LogP contribution in [0.15, 0.2) is 5.10 Å². The number of nitrogens with two attached hydrogens (primary N) is 1. The van der Waals surface area contributed by atoms with E-state index in [1.54, 1.807) is 0 Å². The summed E-state index contributed by atoms with van der Waals surface area (Å²) in [5.74, 6) is 5.87. The topological polar surface area (TPSA) is 38.4 Å². The molecule has 0 aromatic carbocycles. The molecule has 0 unspecified atom stereocenters. The fourth-order valence-corrected chi connectivity index (χ4v) is 0.831. The minimum absolute atomic E-state index is 0.797. The zero-order valence-electron chi connectivity index (χ0n) is 7.22. The minimum Gasteiger partial charge on any atom is -0.323 e. The number of nitrogens with zero attached hydrogens (tertiary/aromatic N) is 1. The average Bonchev–Trinajstić information content (AvgIpc) is 1.87. The number of hydrazone groups is 1. The molecule has 0 saturated carbocycles. The smallest absolute Gasteiger partial charge is 0.0345 e. The van der Waals surface area contributed by atoms with Gasteiger partial charge in [-0.25, -0.2) is 0 Å². The molecule has 0 heterocycles. The SMILES string of the molecule is C/C(CCCC(C)C)=N\N. The van der Waals surface area contributed by atoms with Gasteiger partial charge in [-0.3, -0.25) is 0 Å². The van der Waals surface area contributed by atoms with E-state index in [9.17, 15) is 0 Å². The summed E-state index contributed by atoms with van der Waals surface area (Å²) in [5, 5.41) is 3.60. The largest absolute Gasteiger partial charge is 0.323 e. The molecule has 2 nitrogen and oxygen atoms in total. The van der Waals surface area contributed by atoms with Gasteiger partial charge in [0.2, 0.25) is 0 Å². The molecule has 0 aliphatic carbocycles. The molecule has 0 spiro atoms. The van der Waals surface area contributed by atoms with Gasteiger partial charge >= 0.3 is 0 Å². The zero-order valence-corrected chi connectivity index (χ0v) is 7.22. The van der Waals surface area contributed by atoms with Crippen molar-refractivity contribution in [3.05, 3.63) is 0 Å². The van der Waals surface area contributed by atoms with E-state index in [1.165, 1.54) is 12.8 Å². The van der Waals surface area contributed by atoms with Gasteiger partial charge in [0.15, 0.2) is 0 Å². The lowest BCUT2D eigenvalue weighted by Crippen LogP contribution is -1.97. The summed E-state index contributed by atoms with van der Waals surface area (Å²) < 4.78 is 0. The maximum atomic E-state index is 5.08. The predicted octanol–water partition coefficient (Wildman–Crippen LogP) is 2.15. The van der Waals surface area contributed by atoms with Crippen LogP contribution in [0.4, 0.5) is 0 Å². The Labute approximate surface area is 63.5 Å². The van der Waals surface area contributed by atoms with Gasteiger partial charge in [-0.2, -0.15) is 5.10 Å². The second kappa shape index (κ2) is 5.27. The van der Waals surface area contributed by atoms with Crippen molar-refractivity contribution in [2.75, 3.05) is 0 Å². The van der Waals surface area contributed by atoms with E-state index in [0.717, 1.165) is 18.1 Å². The second-order valence-electron chi connectivity index (χ2n) is 3.15. The molecule has 2 heteroatoms. The highest BCUT2D eigenvalue weighted by Crippen LogP contribution is 2.06. The lowest BCUT2D eigenvalue weighted by atomic mass is 10.1. The van der Waals surface area contributed by atoms with Crippen molar-refractivity contribution in [2.24, 2.45) is 16.9 Å². The summed E-state index contributed by atoms with van der Waals surface area (Å²) in [6, 6.07) is 0. The number of hydrogen-bond acceptors (Lipinski definition) is 2. The van der Waals surface area contributed by atoms with E-state index in [1.807, 2.05) is 6.92 Å². The van der Waals surface area contributed by atoms with Gasteiger partial charge in [-0.1, -0.05) is 20.3 Å². The highest BCUT2D eigenvalue weighted by Gasteiger charge is 1.94. The Hall–Kier alpha value is -0.530. The molecule has 2 N–H and O–H groups in total. The van der Waals surface area contributed by atoms with Gasteiger partial charge in [-0.15, -0.1) is 0 Å². The van der Waals surface area contributed by atoms with Crippen LogP contribution < -0.4 is 5.84 Å². The molecule has 60 valence electrons. The van der Waals surface area contributed by atoms with Crippen molar-refractivity contribution in [3.8, 4) is 0 Å². The predicted molar refractivity (Wildman–Crippen MR) is 46.0 cm³/mol. The van der Waals surface area contributed by atoms with Crippen LogP contribution in [0, 0.1) is 5.92 Å². The third-order valence-electron chi connectivity index (χ3n) is 1.54. The van der Waals surface area contributed by atoms with E-state index in [4.69, 9.17) is 5.84 Å². The van der Waals surface area contributed by atoms with E-state index in [0.29, 0.717) is 0 Å². The van der Waals surface area contributed by atoms with Crippen LogP contribution in [0.5, 0.6) is 0 Å². The Kier molecular flexibility index (Phi) is 4.99. The molecule has 0 aliphatic heterocycles. The van der Waals surface area contributed by atoms with Crippen LogP contribution in [0.3, 0.4) is 0 Å². The third-order valence-corrected chi connectivity index (χ3v) is 1.54. The van der Waals surface area contributed by atoms with Crippen LogP contribution in [-0.2, 0) is 0 Å². The first kappa shape index (κ1) is 9.47. The maximum Gasteiger partial charge on any atom is 0.0345 e. The van der Waals surface area contributed by atoms with Gasteiger partial charge in [0.05, 0.1) is 0 Å². The van der Waals surface area contributed by atoms with Crippen molar-refractivity contribution >= 4 is 5.71 Å². The monoisotopic (exact) mass is 142 g/mol. The van der Waals surface area contributed by atoms with Crippen LogP contribution in [-0.4, -0.2) is 5.71 Å². The summed E-state index contributed by atoms with van der Waals surface area (Å²) in [5.41, 5.74) is 1.06. The summed E-state index contributed by atoms with van der Waals surface area (Å²) in [6.07, 6.45) is 3.53. The first-order valence-electron chi connectivity index (χ1n) is 3.90. The van der Waals surface area contributed by atoms with Gasteiger partial charge in [-0.05, 0) is 25.7 Å². The molecule has 0 saturated heterocycles.